The molecule has 1 aliphatic heterocycles. The molecule has 0 radical (unpaired) electrons. The van der Waals surface area contributed by atoms with E-state index in [9.17, 15) is 4.79 Å². The first-order chi connectivity index (χ1) is 8.11. The molecule has 0 aromatic heterocycles. The van der Waals surface area contributed by atoms with Crippen molar-refractivity contribution < 1.29 is 4.79 Å². The van der Waals surface area contributed by atoms with Gasteiger partial charge in [-0.1, -0.05) is 13.8 Å². The third-order valence-corrected chi connectivity index (χ3v) is 3.57. The van der Waals surface area contributed by atoms with Crippen molar-refractivity contribution in [1.82, 2.24) is 0 Å². The zero-order chi connectivity index (χ0) is 12.5. The van der Waals surface area contributed by atoms with Crippen LogP contribution in [0.1, 0.15) is 39.2 Å². The number of amides is 1. The fourth-order valence-electron chi connectivity index (χ4n) is 2.40. The number of aliphatic imine (C=N–C) groups is 1. The lowest BCUT2D eigenvalue weighted by Crippen LogP contribution is -2.23. The number of hydrogen-bond donors (Lipinski definition) is 1. The van der Waals surface area contributed by atoms with Gasteiger partial charge >= 0.3 is 0 Å². The van der Waals surface area contributed by atoms with E-state index >= 15 is 0 Å². The van der Waals surface area contributed by atoms with E-state index in [0.29, 0.717) is 0 Å². The average molecular weight is 230 g/mol. The first-order valence-corrected chi connectivity index (χ1v) is 6.08. The van der Waals surface area contributed by atoms with Gasteiger partial charge in [0.1, 0.15) is 0 Å². The number of fused-ring (bicyclic) bond motifs is 1. The van der Waals surface area contributed by atoms with Crippen molar-refractivity contribution >= 4 is 23.5 Å². The fraction of sp³-hybridized carbons (Fsp3) is 0.429. The zero-order valence-electron chi connectivity index (χ0n) is 10.6. The van der Waals surface area contributed by atoms with Gasteiger partial charge in [-0.25, -0.2) is 0 Å². The zero-order valence-corrected chi connectivity index (χ0v) is 10.6. The van der Waals surface area contributed by atoms with Gasteiger partial charge in [0.05, 0.1) is 5.69 Å². The van der Waals surface area contributed by atoms with Crippen LogP contribution < -0.4 is 5.32 Å². The molecule has 2 rings (SSSR count). The van der Waals surface area contributed by atoms with Gasteiger partial charge in [-0.3, -0.25) is 9.79 Å². The number of nitrogens with zero attached hydrogens (tertiary/aromatic N) is 1. The number of carbonyl (C=O) groups is 1. The van der Waals surface area contributed by atoms with E-state index in [2.05, 4.69) is 36.4 Å². The second-order valence-corrected chi connectivity index (χ2v) is 4.53. The van der Waals surface area contributed by atoms with Gasteiger partial charge in [0.25, 0.3) is 0 Å². The molecule has 0 bridgehead atoms. The van der Waals surface area contributed by atoms with Crippen LogP contribution in [0.3, 0.4) is 0 Å². The lowest BCUT2D eigenvalue weighted by Gasteiger charge is -2.24. The summed E-state index contributed by atoms with van der Waals surface area (Å²) in [5.74, 6) is -0.0394. The molecule has 0 unspecified atom stereocenters. The lowest BCUT2D eigenvalue weighted by molar-refractivity contribution is -0.114. The van der Waals surface area contributed by atoms with Gasteiger partial charge in [0, 0.05) is 24.2 Å². The molecule has 1 aromatic rings. The first-order valence-electron chi connectivity index (χ1n) is 6.08. The first kappa shape index (κ1) is 11.8. The highest BCUT2D eigenvalue weighted by molar-refractivity contribution is 5.91. The van der Waals surface area contributed by atoms with Crippen molar-refractivity contribution in [1.29, 1.82) is 0 Å². The van der Waals surface area contributed by atoms with E-state index in [0.717, 1.165) is 24.2 Å². The standard InChI is InChI=1S/C14H18N2O/c1-4-14(5-2)9-15-13-7-6-11(8-12(13)14)16-10(3)17/h6-9H,4-5H2,1-3H3,(H,16,17). The SMILES string of the molecule is CCC1(CC)C=Nc2ccc(NC(C)=O)cc21. The Kier molecular flexibility index (Phi) is 3.01. The van der Waals surface area contributed by atoms with Crippen LogP contribution in [0.5, 0.6) is 0 Å². The van der Waals surface area contributed by atoms with Crippen LogP contribution in [0.2, 0.25) is 0 Å². The number of benzene rings is 1. The second-order valence-electron chi connectivity index (χ2n) is 4.53. The van der Waals surface area contributed by atoms with E-state index in [1.165, 1.54) is 12.5 Å². The number of anilines is 1. The molecule has 1 heterocycles. The third-order valence-electron chi connectivity index (χ3n) is 3.57. The summed E-state index contributed by atoms with van der Waals surface area (Å²) in [4.78, 5) is 15.5. The second kappa shape index (κ2) is 4.32. The summed E-state index contributed by atoms with van der Waals surface area (Å²) in [6.45, 7) is 5.88. The largest absolute Gasteiger partial charge is 0.326 e. The summed E-state index contributed by atoms with van der Waals surface area (Å²) in [5, 5.41) is 2.83. The number of hydrogen-bond acceptors (Lipinski definition) is 2. The maximum Gasteiger partial charge on any atom is 0.221 e. The summed E-state index contributed by atoms with van der Waals surface area (Å²) in [6.07, 6.45) is 4.11. The number of carbonyl (C=O) groups excluding carboxylic acids is 1. The van der Waals surface area contributed by atoms with Crippen LogP contribution in [-0.2, 0) is 10.2 Å². The Morgan fingerprint density at radius 1 is 1.35 bits per heavy atom. The third kappa shape index (κ3) is 1.97. The van der Waals surface area contributed by atoms with Crippen LogP contribution in [0.25, 0.3) is 0 Å². The minimum atomic E-state index is -0.0394. The normalized spacial score (nSPS) is 15.7. The van der Waals surface area contributed by atoms with Crippen LogP contribution >= 0.6 is 0 Å². The van der Waals surface area contributed by atoms with Crippen molar-refractivity contribution in [3.05, 3.63) is 23.8 Å². The highest BCUT2D eigenvalue weighted by atomic mass is 16.1. The van der Waals surface area contributed by atoms with Gasteiger partial charge in [0.2, 0.25) is 5.91 Å². The molecule has 0 aliphatic carbocycles. The number of nitrogens with one attached hydrogen (secondary N) is 1. The Morgan fingerprint density at radius 2 is 2.06 bits per heavy atom. The molecule has 90 valence electrons. The summed E-state index contributed by atoms with van der Waals surface area (Å²) in [7, 11) is 0. The highest BCUT2D eigenvalue weighted by Gasteiger charge is 2.33. The van der Waals surface area contributed by atoms with Gasteiger partial charge in [-0.05, 0) is 36.6 Å². The molecule has 0 fully saturated rings. The average Bonchev–Trinajstić information content (AvgIpc) is 2.67. The summed E-state index contributed by atoms with van der Waals surface area (Å²) < 4.78 is 0. The van der Waals surface area contributed by atoms with Crippen molar-refractivity contribution in [2.45, 2.75) is 39.0 Å². The molecule has 1 amide bonds. The predicted octanol–water partition coefficient (Wildman–Crippen LogP) is 3.42. The van der Waals surface area contributed by atoms with Crippen LogP contribution in [0.4, 0.5) is 11.4 Å². The summed E-state index contributed by atoms with van der Waals surface area (Å²) in [5.41, 5.74) is 3.16. The molecule has 3 heteroatoms. The van der Waals surface area contributed by atoms with Gasteiger partial charge in [-0.2, -0.15) is 0 Å². The molecule has 1 aliphatic rings. The minimum Gasteiger partial charge on any atom is -0.326 e. The predicted molar refractivity (Wildman–Crippen MR) is 71.2 cm³/mol. The van der Waals surface area contributed by atoms with E-state index in [-0.39, 0.29) is 11.3 Å². The van der Waals surface area contributed by atoms with E-state index in [4.69, 9.17) is 0 Å². The van der Waals surface area contributed by atoms with Crippen molar-refractivity contribution in [3.8, 4) is 0 Å². The lowest BCUT2D eigenvalue weighted by atomic mass is 9.78. The van der Waals surface area contributed by atoms with Crippen molar-refractivity contribution in [3.63, 3.8) is 0 Å². The minimum absolute atomic E-state index is 0.0394. The Balaban J connectivity index is 2.42. The Morgan fingerprint density at radius 3 is 2.65 bits per heavy atom. The van der Waals surface area contributed by atoms with Crippen molar-refractivity contribution in [2.75, 3.05) is 5.32 Å². The summed E-state index contributed by atoms with van der Waals surface area (Å²) in [6, 6.07) is 5.93. The molecular weight excluding hydrogens is 212 g/mol. The molecule has 1 aromatic carbocycles. The van der Waals surface area contributed by atoms with Crippen LogP contribution in [0.15, 0.2) is 23.2 Å². The number of rotatable bonds is 3. The van der Waals surface area contributed by atoms with E-state index in [1.807, 2.05) is 12.1 Å². The Bertz CT molecular complexity index is 473. The smallest absolute Gasteiger partial charge is 0.221 e. The van der Waals surface area contributed by atoms with Crippen molar-refractivity contribution in [2.24, 2.45) is 4.99 Å². The molecule has 0 atom stereocenters. The highest BCUT2D eigenvalue weighted by Crippen LogP contribution is 2.42. The molecule has 0 saturated carbocycles. The van der Waals surface area contributed by atoms with Gasteiger partial charge in [0.15, 0.2) is 0 Å². The quantitative estimate of drug-likeness (QED) is 0.849. The van der Waals surface area contributed by atoms with E-state index in [1.54, 1.807) is 0 Å². The molecule has 0 spiro atoms. The fourth-order valence-corrected chi connectivity index (χ4v) is 2.40. The Labute approximate surface area is 102 Å². The van der Waals surface area contributed by atoms with Gasteiger partial charge < -0.3 is 5.32 Å². The molecule has 1 N–H and O–H groups in total. The van der Waals surface area contributed by atoms with Crippen LogP contribution in [0, 0.1) is 0 Å². The maximum absolute atomic E-state index is 11.1. The van der Waals surface area contributed by atoms with Crippen LogP contribution in [-0.4, -0.2) is 12.1 Å². The van der Waals surface area contributed by atoms with Gasteiger partial charge in [-0.15, -0.1) is 0 Å². The van der Waals surface area contributed by atoms with E-state index < -0.39 is 0 Å². The molecule has 0 saturated heterocycles. The topological polar surface area (TPSA) is 41.5 Å². The molecular formula is C14H18N2O. The monoisotopic (exact) mass is 230 g/mol. The molecule has 17 heavy (non-hydrogen) atoms. The summed E-state index contributed by atoms with van der Waals surface area (Å²) >= 11 is 0. The maximum atomic E-state index is 11.1. The Hall–Kier alpha value is -1.64. The molecule has 3 nitrogen and oxygen atoms in total.